The molecule has 1 fully saturated rings. The number of rotatable bonds is 0. The van der Waals surface area contributed by atoms with Crippen LogP contribution in [0.4, 0.5) is 0 Å². The molecule has 0 amide bonds. The maximum Gasteiger partial charge on any atom is 0.164 e. The second-order valence-electron chi connectivity index (χ2n) is 3.50. The average Bonchev–Trinajstić information content (AvgIpc) is 2.25. The van der Waals surface area contributed by atoms with Crippen molar-refractivity contribution >= 4 is 12.6 Å². The van der Waals surface area contributed by atoms with Crippen molar-refractivity contribution in [2.45, 2.75) is 31.8 Å². The third-order valence-electron chi connectivity index (χ3n) is 1.99. The van der Waals surface area contributed by atoms with E-state index in [-0.39, 0.29) is 12.2 Å². The largest absolute Gasteiger partial charge is 0.340 e. The van der Waals surface area contributed by atoms with Gasteiger partial charge in [-0.15, -0.1) is 12.6 Å². The van der Waals surface area contributed by atoms with Crippen LogP contribution in [-0.2, 0) is 9.47 Å². The molecule has 12 heavy (non-hydrogen) atoms. The molecule has 1 heterocycles. The number of ether oxygens (including phenoxy) is 2. The predicted molar refractivity (Wildman–Crippen MR) is 50.0 cm³/mol. The van der Waals surface area contributed by atoms with E-state index in [0.717, 1.165) is 4.91 Å². The molecule has 2 aliphatic rings. The van der Waals surface area contributed by atoms with Gasteiger partial charge >= 0.3 is 0 Å². The molecule has 2 atom stereocenters. The van der Waals surface area contributed by atoms with E-state index < -0.39 is 5.79 Å². The number of thiol groups is 1. The van der Waals surface area contributed by atoms with Crippen molar-refractivity contribution in [2.24, 2.45) is 0 Å². The van der Waals surface area contributed by atoms with Crippen LogP contribution in [0, 0.1) is 0 Å². The van der Waals surface area contributed by atoms with Gasteiger partial charge in [-0.1, -0.05) is 18.2 Å². The number of hydrogen-bond acceptors (Lipinski definition) is 3. The Hall–Kier alpha value is -0.250. The third kappa shape index (κ3) is 1.32. The van der Waals surface area contributed by atoms with Gasteiger partial charge in [0.05, 0.1) is 0 Å². The zero-order chi connectivity index (χ0) is 8.77. The fourth-order valence-corrected chi connectivity index (χ4v) is 1.80. The molecule has 0 radical (unpaired) electrons. The zero-order valence-electron chi connectivity index (χ0n) is 7.15. The van der Waals surface area contributed by atoms with E-state index in [1.165, 1.54) is 0 Å². The lowest BCUT2D eigenvalue weighted by Crippen LogP contribution is -2.22. The van der Waals surface area contributed by atoms with Crippen molar-refractivity contribution in [3.63, 3.8) is 0 Å². The highest BCUT2D eigenvalue weighted by Crippen LogP contribution is 2.35. The summed E-state index contributed by atoms with van der Waals surface area (Å²) in [5, 5.41) is 0. The SMILES string of the molecule is CC1(C)O[C@H]2C=CC=C(S)[C@H]2O1. The predicted octanol–water partition coefficient (Wildman–Crippen LogP) is 1.89. The van der Waals surface area contributed by atoms with Crippen LogP contribution in [0.25, 0.3) is 0 Å². The monoisotopic (exact) mass is 184 g/mol. The summed E-state index contributed by atoms with van der Waals surface area (Å²) in [6, 6.07) is 0. The summed E-state index contributed by atoms with van der Waals surface area (Å²) in [5.41, 5.74) is 0. The van der Waals surface area contributed by atoms with Gasteiger partial charge in [-0.05, 0) is 13.8 Å². The highest BCUT2D eigenvalue weighted by molar-refractivity contribution is 7.84. The third-order valence-corrected chi connectivity index (χ3v) is 2.39. The molecule has 1 saturated heterocycles. The summed E-state index contributed by atoms with van der Waals surface area (Å²) in [6.45, 7) is 3.83. The number of allylic oxidation sites excluding steroid dienone is 2. The summed E-state index contributed by atoms with van der Waals surface area (Å²) in [5.74, 6) is -0.480. The lowest BCUT2D eigenvalue weighted by atomic mass is 10.1. The molecule has 0 aromatic rings. The summed E-state index contributed by atoms with van der Waals surface area (Å²) in [7, 11) is 0. The van der Waals surface area contributed by atoms with Crippen molar-refractivity contribution in [1.29, 1.82) is 0 Å². The topological polar surface area (TPSA) is 18.5 Å². The van der Waals surface area contributed by atoms with Gasteiger partial charge in [0, 0.05) is 4.91 Å². The molecule has 0 spiro atoms. The summed E-state index contributed by atoms with van der Waals surface area (Å²) >= 11 is 4.32. The van der Waals surface area contributed by atoms with Gasteiger partial charge in [0.15, 0.2) is 5.79 Å². The van der Waals surface area contributed by atoms with Crippen molar-refractivity contribution < 1.29 is 9.47 Å². The first-order valence-electron chi connectivity index (χ1n) is 4.01. The van der Waals surface area contributed by atoms with Crippen LogP contribution in [0.2, 0.25) is 0 Å². The number of hydrogen-bond donors (Lipinski definition) is 1. The molecule has 0 aromatic heterocycles. The Labute approximate surface area is 77.7 Å². The normalized spacial score (nSPS) is 37.8. The maximum absolute atomic E-state index is 5.65. The van der Waals surface area contributed by atoms with Gasteiger partial charge in [-0.3, -0.25) is 0 Å². The molecular weight excluding hydrogens is 172 g/mol. The molecule has 1 aliphatic carbocycles. The molecular formula is C9H12O2S. The van der Waals surface area contributed by atoms with Gasteiger partial charge in [-0.25, -0.2) is 0 Å². The molecule has 2 nitrogen and oxygen atoms in total. The number of fused-ring (bicyclic) bond motifs is 1. The minimum Gasteiger partial charge on any atom is -0.340 e. The van der Waals surface area contributed by atoms with Crippen molar-refractivity contribution in [2.75, 3.05) is 0 Å². The van der Waals surface area contributed by atoms with Crippen LogP contribution in [0.3, 0.4) is 0 Å². The molecule has 0 N–H and O–H groups in total. The van der Waals surface area contributed by atoms with Crippen LogP contribution >= 0.6 is 12.6 Å². The van der Waals surface area contributed by atoms with Crippen molar-refractivity contribution in [3.8, 4) is 0 Å². The molecule has 66 valence electrons. The average molecular weight is 184 g/mol. The smallest absolute Gasteiger partial charge is 0.164 e. The standard InChI is InChI=1S/C9H12O2S/c1-9(2)10-6-4-3-5-7(12)8(6)11-9/h3-6,8,12H,1-2H3/t6-,8-/m0/s1. The Morgan fingerprint density at radius 2 is 2.17 bits per heavy atom. The van der Waals surface area contributed by atoms with E-state index in [4.69, 9.17) is 9.47 Å². The summed E-state index contributed by atoms with van der Waals surface area (Å²) < 4.78 is 11.3. The second kappa shape index (κ2) is 2.62. The van der Waals surface area contributed by atoms with Gasteiger partial charge in [0.2, 0.25) is 0 Å². The van der Waals surface area contributed by atoms with Gasteiger partial charge in [0.25, 0.3) is 0 Å². The molecule has 0 unspecified atom stereocenters. The fraction of sp³-hybridized carbons (Fsp3) is 0.556. The minimum atomic E-state index is -0.480. The van der Waals surface area contributed by atoms with Crippen molar-refractivity contribution in [3.05, 3.63) is 23.1 Å². The fourth-order valence-electron chi connectivity index (χ4n) is 1.52. The summed E-state index contributed by atoms with van der Waals surface area (Å²) in [4.78, 5) is 0.938. The summed E-state index contributed by atoms with van der Waals surface area (Å²) in [6.07, 6.45) is 5.92. The molecule has 0 bridgehead atoms. The maximum atomic E-state index is 5.65. The van der Waals surface area contributed by atoms with Crippen LogP contribution < -0.4 is 0 Å². The van der Waals surface area contributed by atoms with Crippen LogP contribution in [0.1, 0.15) is 13.8 Å². The lowest BCUT2D eigenvalue weighted by Gasteiger charge is -2.16. The van der Waals surface area contributed by atoms with Crippen LogP contribution in [0.15, 0.2) is 23.1 Å². The highest BCUT2D eigenvalue weighted by atomic mass is 32.1. The Balaban J connectivity index is 2.24. The second-order valence-corrected chi connectivity index (χ2v) is 4.01. The van der Waals surface area contributed by atoms with Gasteiger partial charge in [-0.2, -0.15) is 0 Å². The molecule has 1 aliphatic heterocycles. The van der Waals surface area contributed by atoms with Crippen LogP contribution in [-0.4, -0.2) is 18.0 Å². The van der Waals surface area contributed by atoms with Crippen molar-refractivity contribution in [1.82, 2.24) is 0 Å². The first kappa shape index (κ1) is 8.35. The first-order valence-corrected chi connectivity index (χ1v) is 4.46. The van der Waals surface area contributed by atoms with Gasteiger partial charge < -0.3 is 9.47 Å². The molecule has 2 rings (SSSR count). The van der Waals surface area contributed by atoms with Gasteiger partial charge in [0.1, 0.15) is 12.2 Å². The van der Waals surface area contributed by atoms with E-state index in [1.54, 1.807) is 0 Å². The van der Waals surface area contributed by atoms with E-state index in [2.05, 4.69) is 12.6 Å². The zero-order valence-corrected chi connectivity index (χ0v) is 8.04. The van der Waals surface area contributed by atoms with E-state index in [9.17, 15) is 0 Å². The first-order chi connectivity index (χ1) is 5.58. The highest BCUT2D eigenvalue weighted by Gasteiger charge is 2.41. The van der Waals surface area contributed by atoms with E-state index in [1.807, 2.05) is 32.1 Å². The molecule has 0 saturated carbocycles. The Kier molecular flexibility index (Phi) is 1.82. The molecule has 0 aromatic carbocycles. The minimum absolute atomic E-state index is 0.00617. The van der Waals surface area contributed by atoms with Crippen LogP contribution in [0.5, 0.6) is 0 Å². The Morgan fingerprint density at radius 3 is 2.83 bits per heavy atom. The Morgan fingerprint density at radius 1 is 1.42 bits per heavy atom. The molecule has 3 heteroatoms. The quantitative estimate of drug-likeness (QED) is 0.579. The van der Waals surface area contributed by atoms with E-state index in [0.29, 0.717) is 0 Å². The van der Waals surface area contributed by atoms with E-state index >= 15 is 0 Å². The lowest BCUT2D eigenvalue weighted by molar-refractivity contribution is -0.139. The Bertz CT molecular complexity index is 255.